The fourth-order valence-electron chi connectivity index (χ4n) is 5.94. The molecule has 2 aromatic rings. The second-order valence-corrected chi connectivity index (χ2v) is 12.1. The van der Waals surface area contributed by atoms with Crippen molar-refractivity contribution in [1.82, 2.24) is 9.80 Å². The van der Waals surface area contributed by atoms with Crippen molar-refractivity contribution in [3.63, 3.8) is 0 Å². The topological polar surface area (TPSA) is 56.2 Å². The van der Waals surface area contributed by atoms with Crippen LogP contribution in [0.25, 0.3) is 0 Å². The van der Waals surface area contributed by atoms with E-state index in [4.69, 9.17) is 4.74 Å². The maximum absolute atomic E-state index is 16.1. The number of carbonyl (C=O) groups excluding carboxylic acids is 1. The third kappa shape index (κ3) is 7.31. The van der Waals surface area contributed by atoms with E-state index in [9.17, 15) is 27.5 Å². The molecule has 1 amide bonds. The summed E-state index contributed by atoms with van der Waals surface area (Å²) in [5, 5.41) is 9.98. The second kappa shape index (κ2) is 12.3. The molecule has 42 heavy (non-hydrogen) atoms. The van der Waals surface area contributed by atoms with Crippen LogP contribution in [0, 0.1) is 11.6 Å². The fourth-order valence-corrected chi connectivity index (χ4v) is 5.94. The van der Waals surface area contributed by atoms with Crippen molar-refractivity contribution in [1.29, 1.82) is 0 Å². The molecule has 1 N–H and O–H groups in total. The number of carbonyl (C=O) groups is 1. The number of alkyl halides is 4. The Morgan fingerprint density at radius 3 is 2.38 bits per heavy atom. The van der Waals surface area contributed by atoms with Crippen molar-refractivity contribution in [3.05, 3.63) is 58.7 Å². The number of benzene rings is 2. The Balaban J connectivity index is 1.79. The van der Waals surface area contributed by atoms with E-state index in [1.165, 1.54) is 30.0 Å². The van der Waals surface area contributed by atoms with Crippen LogP contribution in [-0.4, -0.2) is 77.7 Å². The van der Waals surface area contributed by atoms with E-state index in [2.05, 4.69) is 0 Å². The molecular weight excluding hydrogens is 564 g/mol. The average molecular weight is 602 g/mol. The maximum atomic E-state index is 16.1. The highest BCUT2D eigenvalue weighted by molar-refractivity contribution is 5.89. The van der Waals surface area contributed by atoms with Gasteiger partial charge in [-0.05, 0) is 82.3 Å². The quantitative estimate of drug-likeness (QED) is 0.356. The number of rotatable bonds is 7. The molecule has 12 heteroatoms. The molecule has 0 saturated carbocycles. The van der Waals surface area contributed by atoms with E-state index in [0.29, 0.717) is 38.0 Å². The number of anilines is 1. The van der Waals surface area contributed by atoms with Gasteiger partial charge in [-0.25, -0.2) is 13.6 Å². The van der Waals surface area contributed by atoms with Gasteiger partial charge in [-0.15, -0.1) is 0 Å². The number of halogens is 6. The second-order valence-electron chi connectivity index (χ2n) is 12.1. The minimum Gasteiger partial charge on any atom is -0.508 e. The normalized spacial score (nSPS) is 21.8. The highest BCUT2D eigenvalue weighted by atomic mass is 19.4. The number of hydrogen-bond acceptors (Lipinski definition) is 5. The zero-order valence-corrected chi connectivity index (χ0v) is 24.1. The standard InChI is InChI=1S/C30H37F6N3O3/c1-18-12-19-13-22(40)6-7-23(19)27(38(18)17-30(34,35)36)26-24(32)14-21(15-25(26)33)39(28(41)42-29(2,3)4)20-8-11-37(16-20)10-5-9-31/h6-7,13-15,18,20,27,40H,5,8-12,16-17H2,1-4H3/t18-,20?,27?/m1/s1. The zero-order chi connectivity index (χ0) is 31.0. The Morgan fingerprint density at radius 1 is 1.12 bits per heavy atom. The SMILES string of the molecule is C[C@@H]1Cc2cc(O)ccc2C(c2c(F)cc(N(C(=O)OC(C)(C)C)C3CCN(CCCF)C3)cc2F)N1CC(F)(F)F. The summed E-state index contributed by atoms with van der Waals surface area (Å²) in [4.78, 5) is 17.5. The minimum atomic E-state index is -4.64. The lowest BCUT2D eigenvalue weighted by molar-refractivity contribution is -0.155. The average Bonchev–Trinajstić information content (AvgIpc) is 3.30. The summed E-state index contributed by atoms with van der Waals surface area (Å²) in [5.41, 5.74) is -0.878. The Kier molecular flexibility index (Phi) is 9.37. The van der Waals surface area contributed by atoms with E-state index in [1.54, 1.807) is 20.8 Å². The predicted octanol–water partition coefficient (Wildman–Crippen LogP) is 6.74. The predicted molar refractivity (Wildman–Crippen MR) is 146 cm³/mol. The van der Waals surface area contributed by atoms with Gasteiger partial charge in [0.15, 0.2) is 0 Å². The first-order chi connectivity index (χ1) is 19.6. The summed E-state index contributed by atoms with van der Waals surface area (Å²) in [6.45, 7) is 5.95. The molecule has 0 bridgehead atoms. The Bertz CT molecular complexity index is 1260. The summed E-state index contributed by atoms with van der Waals surface area (Å²) in [6.07, 6.45) is -4.56. The van der Waals surface area contributed by atoms with Crippen LogP contribution in [0.15, 0.2) is 30.3 Å². The number of likely N-dealkylation sites (tertiary alicyclic amines) is 1. The maximum Gasteiger partial charge on any atom is 0.415 e. The zero-order valence-electron chi connectivity index (χ0n) is 24.1. The van der Waals surface area contributed by atoms with Crippen molar-refractivity contribution in [2.45, 2.75) is 76.9 Å². The van der Waals surface area contributed by atoms with Crippen molar-refractivity contribution in [3.8, 4) is 5.75 Å². The molecule has 0 aliphatic carbocycles. The van der Waals surface area contributed by atoms with Crippen LogP contribution in [0.2, 0.25) is 0 Å². The third-order valence-corrected chi connectivity index (χ3v) is 7.62. The molecule has 2 unspecified atom stereocenters. The molecular formula is C30H37F6N3O3. The summed E-state index contributed by atoms with van der Waals surface area (Å²) in [7, 11) is 0. The molecule has 3 atom stereocenters. The van der Waals surface area contributed by atoms with Crippen LogP contribution in [0.4, 0.5) is 36.8 Å². The molecule has 2 aliphatic rings. The van der Waals surface area contributed by atoms with Crippen molar-refractivity contribution in [2.75, 3.05) is 37.8 Å². The largest absolute Gasteiger partial charge is 0.508 e. The number of hydrogen-bond donors (Lipinski definition) is 1. The first kappa shape index (κ1) is 31.9. The Hall–Kier alpha value is -2.99. The van der Waals surface area contributed by atoms with Gasteiger partial charge in [0.05, 0.1) is 31.0 Å². The van der Waals surface area contributed by atoms with Gasteiger partial charge < -0.3 is 14.7 Å². The number of phenols is 1. The van der Waals surface area contributed by atoms with Crippen LogP contribution in [0.3, 0.4) is 0 Å². The van der Waals surface area contributed by atoms with Gasteiger partial charge in [0.25, 0.3) is 0 Å². The smallest absolute Gasteiger partial charge is 0.415 e. The van der Waals surface area contributed by atoms with E-state index >= 15 is 8.78 Å². The van der Waals surface area contributed by atoms with Gasteiger partial charge in [-0.2, -0.15) is 13.2 Å². The molecule has 232 valence electrons. The summed E-state index contributed by atoms with van der Waals surface area (Å²) in [6, 6.07) is 3.26. The number of fused-ring (bicyclic) bond motifs is 1. The number of nitrogens with zero attached hydrogens (tertiary/aromatic N) is 3. The van der Waals surface area contributed by atoms with Crippen molar-refractivity contribution < 1.29 is 41.0 Å². The van der Waals surface area contributed by atoms with E-state index in [1.807, 2.05) is 4.90 Å². The number of phenolic OH excluding ortho intramolecular Hbond substituents is 1. The molecule has 0 aromatic heterocycles. The van der Waals surface area contributed by atoms with Crippen LogP contribution in [0.5, 0.6) is 5.75 Å². The summed E-state index contributed by atoms with van der Waals surface area (Å²) < 4.78 is 91.4. The molecule has 0 radical (unpaired) electrons. The van der Waals surface area contributed by atoms with Gasteiger partial charge in [0.2, 0.25) is 0 Å². The summed E-state index contributed by atoms with van der Waals surface area (Å²) >= 11 is 0. The van der Waals surface area contributed by atoms with Gasteiger partial charge in [-0.1, -0.05) is 6.07 Å². The molecule has 2 heterocycles. The molecule has 0 spiro atoms. The van der Waals surface area contributed by atoms with Gasteiger partial charge in [-0.3, -0.25) is 14.2 Å². The third-order valence-electron chi connectivity index (χ3n) is 7.62. The minimum absolute atomic E-state index is 0.106. The molecule has 1 saturated heterocycles. The molecule has 6 nitrogen and oxygen atoms in total. The van der Waals surface area contributed by atoms with Crippen LogP contribution in [0.1, 0.15) is 63.3 Å². The van der Waals surface area contributed by atoms with Crippen LogP contribution >= 0.6 is 0 Å². The van der Waals surface area contributed by atoms with Gasteiger partial charge in [0.1, 0.15) is 23.0 Å². The first-order valence-corrected chi connectivity index (χ1v) is 14.0. The number of ether oxygens (including phenoxy) is 1. The van der Waals surface area contributed by atoms with Crippen LogP contribution in [-0.2, 0) is 11.2 Å². The lowest BCUT2D eigenvalue weighted by Gasteiger charge is -2.42. The van der Waals surface area contributed by atoms with E-state index in [0.717, 1.165) is 17.0 Å². The highest BCUT2D eigenvalue weighted by Gasteiger charge is 2.43. The lowest BCUT2D eigenvalue weighted by Crippen LogP contribution is -2.47. The Labute approximate surface area is 241 Å². The monoisotopic (exact) mass is 601 g/mol. The molecule has 2 aromatic carbocycles. The summed E-state index contributed by atoms with van der Waals surface area (Å²) in [5.74, 6) is -2.34. The van der Waals surface area contributed by atoms with Crippen molar-refractivity contribution in [2.24, 2.45) is 0 Å². The number of amides is 1. The van der Waals surface area contributed by atoms with Crippen LogP contribution < -0.4 is 4.90 Å². The number of aromatic hydroxyl groups is 1. The molecule has 1 fully saturated rings. The fraction of sp³-hybridized carbons (Fsp3) is 0.567. The van der Waals surface area contributed by atoms with E-state index in [-0.39, 0.29) is 23.4 Å². The lowest BCUT2D eigenvalue weighted by atomic mass is 9.84. The van der Waals surface area contributed by atoms with Crippen molar-refractivity contribution >= 4 is 11.8 Å². The Morgan fingerprint density at radius 2 is 1.79 bits per heavy atom. The highest BCUT2D eigenvalue weighted by Crippen LogP contribution is 2.43. The van der Waals surface area contributed by atoms with Gasteiger partial charge >= 0.3 is 12.3 Å². The first-order valence-electron chi connectivity index (χ1n) is 14.0. The molecule has 2 aliphatic heterocycles. The molecule has 4 rings (SSSR count). The van der Waals surface area contributed by atoms with E-state index < -0.39 is 66.4 Å². The van der Waals surface area contributed by atoms with Gasteiger partial charge in [0, 0.05) is 31.2 Å².